The number of carbonyl (C=O) groups excluding carboxylic acids is 1. The van der Waals surface area contributed by atoms with E-state index >= 15 is 0 Å². The molecule has 0 spiro atoms. The average molecular weight is 239 g/mol. The summed E-state index contributed by atoms with van der Waals surface area (Å²) in [6.07, 6.45) is 2.47. The van der Waals surface area contributed by atoms with E-state index in [1.54, 1.807) is 23.2 Å². The number of rotatable bonds is 1. The van der Waals surface area contributed by atoms with Crippen LogP contribution in [0.4, 0.5) is 11.5 Å². The molecule has 0 saturated heterocycles. The number of nitrogens with zero attached hydrogens (tertiary/aromatic N) is 2. The highest BCUT2D eigenvalue weighted by atomic mass is 16.2. The highest BCUT2D eigenvalue weighted by molar-refractivity contribution is 6.07. The summed E-state index contributed by atoms with van der Waals surface area (Å²) in [4.78, 5) is 18.1. The Morgan fingerprint density at radius 3 is 2.94 bits per heavy atom. The van der Waals surface area contributed by atoms with Crippen LogP contribution in [0.15, 0.2) is 42.6 Å². The van der Waals surface area contributed by atoms with E-state index in [9.17, 15) is 4.79 Å². The molecule has 18 heavy (non-hydrogen) atoms. The Bertz CT molecular complexity index is 609. The molecule has 4 nitrogen and oxygen atoms in total. The molecule has 0 radical (unpaired) electrons. The van der Waals surface area contributed by atoms with Crippen molar-refractivity contribution in [3.63, 3.8) is 0 Å². The largest absolute Gasteiger partial charge is 0.384 e. The van der Waals surface area contributed by atoms with Crippen LogP contribution in [-0.2, 0) is 6.42 Å². The topological polar surface area (TPSA) is 59.2 Å². The third-order valence-corrected chi connectivity index (χ3v) is 3.16. The molecule has 1 aromatic carbocycles. The fourth-order valence-corrected chi connectivity index (χ4v) is 2.29. The maximum Gasteiger partial charge on any atom is 0.258 e. The Labute approximate surface area is 105 Å². The smallest absolute Gasteiger partial charge is 0.258 e. The van der Waals surface area contributed by atoms with Crippen molar-refractivity contribution in [1.82, 2.24) is 4.98 Å². The lowest BCUT2D eigenvalue weighted by Gasteiger charge is -2.17. The number of anilines is 2. The van der Waals surface area contributed by atoms with E-state index in [1.165, 1.54) is 5.56 Å². The Morgan fingerprint density at radius 2 is 2.11 bits per heavy atom. The van der Waals surface area contributed by atoms with Crippen molar-refractivity contribution in [2.24, 2.45) is 0 Å². The summed E-state index contributed by atoms with van der Waals surface area (Å²) in [5, 5.41) is 0. The van der Waals surface area contributed by atoms with Crippen LogP contribution >= 0.6 is 0 Å². The van der Waals surface area contributed by atoms with Gasteiger partial charge in [0.2, 0.25) is 0 Å². The van der Waals surface area contributed by atoms with Gasteiger partial charge in [0.25, 0.3) is 5.91 Å². The van der Waals surface area contributed by atoms with Gasteiger partial charge in [0.15, 0.2) is 0 Å². The van der Waals surface area contributed by atoms with E-state index in [4.69, 9.17) is 5.73 Å². The number of benzene rings is 1. The molecule has 1 aliphatic heterocycles. The van der Waals surface area contributed by atoms with E-state index in [2.05, 4.69) is 11.1 Å². The van der Waals surface area contributed by atoms with Gasteiger partial charge in [-0.3, -0.25) is 4.79 Å². The zero-order chi connectivity index (χ0) is 12.5. The number of fused-ring (bicyclic) bond motifs is 1. The summed E-state index contributed by atoms with van der Waals surface area (Å²) in [5.74, 6) is 0.349. The quantitative estimate of drug-likeness (QED) is 0.826. The molecule has 1 amide bonds. The van der Waals surface area contributed by atoms with Crippen molar-refractivity contribution in [2.45, 2.75) is 6.42 Å². The molecular weight excluding hydrogens is 226 g/mol. The Morgan fingerprint density at radius 1 is 1.28 bits per heavy atom. The van der Waals surface area contributed by atoms with Crippen LogP contribution in [-0.4, -0.2) is 17.4 Å². The van der Waals surface area contributed by atoms with Crippen molar-refractivity contribution >= 4 is 17.4 Å². The van der Waals surface area contributed by atoms with E-state index in [1.807, 2.05) is 18.2 Å². The van der Waals surface area contributed by atoms with Gasteiger partial charge in [-0.25, -0.2) is 4.98 Å². The molecule has 2 heterocycles. The molecule has 4 heteroatoms. The average Bonchev–Trinajstić information content (AvgIpc) is 2.82. The standard InChI is InChI=1S/C14H13N3O/c15-13-9-11(5-7-16-13)14(18)17-8-6-10-3-1-2-4-12(10)17/h1-5,7,9H,6,8H2,(H2,15,16). The van der Waals surface area contributed by atoms with Gasteiger partial charge in [0, 0.05) is 24.0 Å². The van der Waals surface area contributed by atoms with Gasteiger partial charge >= 0.3 is 0 Å². The first-order valence-electron chi connectivity index (χ1n) is 5.87. The molecule has 0 aliphatic carbocycles. The lowest BCUT2D eigenvalue weighted by Crippen LogP contribution is -2.28. The number of nitrogens with two attached hydrogens (primary N) is 1. The highest BCUT2D eigenvalue weighted by Crippen LogP contribution is 2.28. The zero-order valence-corrected chi connectivity index (χ0v) is 9.84. The molecule has 1 aliphatic rings. The van der Waals surface area contributed by atoms with Gasteiger partial charge in [-0.1, -0.05) is 18.2 Å². The van der Waals surface area contributed by atoms with E-state index in [0.29, 0.717) is 11.4 Å². The van der Waals surface area contributed by atoms with Crippen LogP contribution in [0.3, 0.4) is 0 Å². The van der Waals surface area contributed by atoms with E-state index in [-0.39, 0.29) is 5.91 Å². The van der Waals surface area contributed by atoms with Gasteiger partial charge in [-0.05, 0) is 30.2 Å². The second-order valence-corrected chi connectivity index (χ2v) is 4.30. The minimum absolute atomic E-state index is 0.0194. The maximum absolute atomic E-state index is 12.4. The summed E-state index contributed by atoms with van der Waals surface area (Å²) < 4.78 is 0. The normalized spacial score (nSPS) is 13.4. The molecule has 3 rings (SSSR count). The SMILES string of the molecule is Nc1cc(C(=O)N2CCc3ccccc32)ccn1. The third kappa shape index (κ3) is 1.72. The highest BCUT2D eigenvalue weighted by Gasteiger charge is 2.25. The Hall–Kier alpha value is -2.36. The van der Waals surface area contributed by atoms with Crippen LogP contribution in [0, 0.1) is 0 Å². The predicted molar refractivity (Wildman–Crippen MR) is 70.5 cm³/mol. The predicted octanol–water partition coefficient (Wildman–Crippen LogP) is 1.87. The lowest BCUT2D eigenvalue weighted by molar-refractivity contribution is 0.0989. The van der Waals surface area contributed by atoms with Crippen molar-refractivity contribution in [3.05, 3.63) is 53.7 Å². The van der Waals surface area contributed by atoms with Crippen molar-refractivity contribution in [2.75, 3.05) is 17.2 Å². The van der Waals surface area contributed by atoms with Gasteiger partial charge in [0.05, 0.1) is 0 Å². The molecule has 0 saturated carbocycles. The van der Waals surface area contributed by atoms with Gasteiger partial charge in [0.1, 0.15) is 5.82 Å². The van der Waals surface area contributed by atoms with Crippen LogP contribution in [0.25, 0.3) is 0 Å². The number of hydrogen-bond donors (Lipinski definition) is 1. The second-order valence-electron chi connectivity index (χ2n) is 4.30. The summed E-state index contributed by atoms with van der Waals surface area (Å²) >= 11 is 0. The second kappa shape index (κ2) is 4.14. The van der Waals surface area contributed by atoms with Gasteiger partial charge < -0.3 is 10.6 Å². The number of pyridine rings is 1. The van der Waals surface area contributed by atoms with Gasteiger partial charge in [-0.2, -0.15) is 0 Å². The van der Waals surface area contributed by atoms with Crippen LogP contribution in [0.2, 0.25) is 0 Å². The number of carbonyl (C=O) groups is 1. The minimum atomic E-state index is -0.0194. The van der Waals surface area contributed by atoms with Crippen LogP contribution in [0.5, 0.6) is 0 Å². The number of para-hydroxylation sites is 1. The molecular formula is C14H13N3O. The first-order valence-corrected chi connectivity index (χ1v) is 5.87. The first-order chi connectivity index (χ1) is 8.75. The number of amides is 1. The summed E-state index contributed by atoms with van der Waals surface area (Å²) in [6.45, 7) is 0.723. The minimum Gasteiger partial charge on any atom is -0.384 e. The molecule has 1 aromatic heterocycles. The Kier molecular flexibility index (Phi) is 2.48. The van der Waals surface area contributed by atoms with Crippen molar-refractivity contribution in [3.8, 4) is 0 Å². The van der Waals surface area contributed by atoms with E-state index < -0.39 is 0 Å². The lowest BCUT2D eigenvalue weighted by atomic mass is 10.2. The summed E-state index contributed by atoms with van der Waals surface area (Å²) in [7, 11) is 0. The zero-order valence-electron chi connectivity index (χ0n) is 9.84. The molecule has 2 N–H and O–H groups in total. The molecule has 0 unspecified atom stereocenters. The molecule has 90 valence electrons. The molecule has 2 aromatic rings. The molecule has 0 fully saturated rings. The Balaban J connectivity index is 1.96. The fourth-order valence-electron chi connectivity index (χ4n) is 2.29. The summed E-state index contributed by atoms with van der Waals surface area (Å²) in [6, 6.07) is 11.3. The number of aromatic nitrogens is 1. The van der Waals surface area contributed by atoms with E-state index in [0.717, 1.165) is 18.7 Å². The number of nitrogen functional groups attached to an aromatic ring is 1. The number of hydrogen-bond acceptors (Lipinski definition) is 3. The monoisotopic (exact) mass is 239 g/mol. The summed E-state index contributed by atoms with van der Waals surface area (Å²) in [5.41, 5.74) is 8.40. The third-order valence-electron chi connectivity index (χ3n) is 3.16. The fraction of sp³-hybridized carbons (Fsp3) is 0.143. The first kappa shape index (κ1) is 10.8. The van der Waals surface area contributed by atoms with Gasteiger partial charge in [-0.15, -0.1) is 0 Å². The molecule has 0 atom stereocenters. The van der Waals surface area contributed by atoms with Crippen molar-refractivity contribution < 1.29 is 4.79 Å². The molecule has 0 bridgehead atoms. The van der Waals surface area contributed by atoms with Crippen LogP contribution in [0.1, 0.15) is 15.9 Å². The van der Waals surface area contributed by atoms with Crippen molar-refractivity contribution in [1.29, 1.82) is 0 Å². The maximum atomic E-state index is 12.4. The van der Waals surface area contributed by atoms with Crippen LogP contribution < -0.4 is 10.6 Å².